The van der Waals surface area contributed by atoms with E-state index in [4.69, 9.17) is 0 Å². The topological polar surface area (TPSA) is 61.4 Å². The second-order valence-corrected chi connectivity index (χ2v) is 4.75. The van der Waals surface area contributed by atoms with Crippen LogP contribution >= 0.6 is 0 Å². The van der Waals surface area contributed by atoms with Gasteiger partial charge in [0.25, 0.3) is 5.91 Å². The molecule has 19 heavy (non-hydrogen) atoms. The molecule has 0 fully saturated rings. The molecule has 0 radical (unpaired) electrons. The lowest BCUT2D eigenvalue weighted by Gasteiger charge is -2.20. The van der Waals surface area contributed by atoms with Gasteiger partial charge >= 0.3 is 0 Å². The normalized spacial score (nSPS) is 13.7. The Morgan fingerprint density at radius 3 is 2.95 bits per heavy atom. The van der Waals surface area contributed by atoms with Crippen molar-refractivity contribution >= 4 is 17.5 Å². The highest BCUT2D eigenvalue weighted by atomic mass is 16.2. The smallest absolute Gasteiger partial charge is 0.253 e. The Morgan fingerprint density at radius 1 is 1.42 bits per heavy atom. The quantitative estimate of drug-likeness (QED) is 0.845. The van der Waals surface area contributed by atoms with Gasteiger partial charge in [-0.25, -0.2) is 0 Å². The molecule has 0 saturated heterocycles. The van der Waals surface area contributed by atoms with Gasteiger partial charge in [-0.05, 0) is 37.2 Å². The van der Waals surface area contributed by atoms with Gasteiger partial charge in [0.15, 0.2) is 0 Å². The lowest BCUT2D eigenvalue weighted by molar-refractivity contribution is -0.116. The molecular formula is C14H19N3O2. The second-order valence-electron chi connectivity index (χ2n) is 4.75. The monoisotopic (exact) mass is 261 g/mol. The van der Waals surface area contributed by atoms with Crippen molar-refractivity contribution in [2.24, 2.45) is 0 Å². The maximum Gasteiger partial charge on any atom is 0.253 e. The van der Waals surface area contributed by atoms with E-state index in [2.05, 4.69) is 10.6 Å². The number of nitrogens with zero attached hydrogens (tertiary/aromatic N) is 1. The zero-order valence-corrected chi connectivity index (χ0v) is 11.3. The van der Waals surface area contributed by atoms with Crippen LogP contribution in [0.3, 0.4) is 0 Å². The average molecular weight is 261 g/mol. The zero-order chi connectivity index (χ0) is 13.8. The molecule has 0 spiro atoms. The summed E-state index contributed by atoms with van der Waals surface area (Å²) in [5.41, 5.74) is 2.53. The first kappa shape index (κ1) is 13.5. The van der Waals surface area contributed by atoms with Crippen molar-refractivity contribution in [3.05, 3.63) is 29.3 Å². The number of hydrogen-bond acceptors (Lipinski definition) is 3. The minimum absolute atomic E-state index is 0.00921. The molecule has 1 aromatic carbocycles. The van der Waals surface area contributed by atoms with Crippen LogP contribution in [0.25, 0.3) is 0 Å². The van der Waals surface area contributed by atoms with Crippen LogP contribution in [-0.4, -0.2) is 43.9 Å². The molecule has 1 heterocycles. The fraction of sp³-hybridized carbons (Fsp3) is 0.429. The second kappa shape index (κ2) is 5.84. The number of fused-ring (bicyclic) bond motifs is 1. The molecule has 1 aliphatic heterocycles. The Morgan fingerprint density at radius 2 is 2.21 bits per heavy atom. The van der Waals surface area contributed by atoms with Gasteiger partial charge in [-0.2, -0.15) is 0 Å². The number of benzene rings is 1. The number of nitrogens with one attached hydrogen (secondary N) is 2. The molecule has 0 aromatic heterocycles. The Labute approximate surface area is 113 Å². The molecule has 0 aliphatic carbocycles. The first-order valence-electron chi connectivity index (χ1n) is 6.44. The van der Waals surface area contributed by atoms with Crippen molar-refractivity contribution in [2.45, 2.75) is 12.8 Å². The fourth-order valence-corrected chi connectivity index (χ4v) is 2.12. The van der Waals surface area contributed by atoms with Crippen molar-refractivity contribution in [1.29, 1.82) is 0 Å². The van der Waals surface area contributed by atoms with Gasteiger partial charge in [-0.1, -0.05) is 0 Å². The van der Waals surface area contributed by atoms with Crippen LogP contribution in [-0.2, 0) is 11.2 Å². The van der Waals surface area contributed by atoms with Gasteiger partial charge in [0.1, 0.15) is 0 Å². The van der Waals surface area contributed by atoms with E-state index in [1.165, 1.54) is 0 Å². The molecule has 0 bridgehead atoms. The van der Waals surface area contributed by atoms with Gasteiger partial charge in [0.2, 0.25) is 5.91 Å². The molecule has 2 amide bonds. The van der Waals surface area contributed by atoms with Crippen molar-refractivity contribution < 1.29 is 9.59 Å². The molecule has 0 unspecified atom stereocenters. The van der Waals surface area contributed by atoms with Crippen molar-refractivity contribution in [3.8, 4) is 0 Å². The SMILES string of the molecule is CNCCN(C)C(=O)c1ccc2c(c1)CCC(=O)N2. The number of aryl methyl sites for hydroxylation is 1. The summed E-state index contributed by atoms with van der Waals surface area (Å²) < 4.78 is 0. The van der Waals surface area contributed by atoms with Crippen molar-refractivity contribution in [3.63, 3.8) is 0 Å². The van der Waals surface area contributed by atoms with E-state index in [-0.39, 0.29) is 11.8 Å². The van der Waals surface area contributed by atoms with Crippen molar-refractivity contribution in [1.82, 2.24) is 10.2 Å². The Balaban J connectivity index is 2.13. The average Bonchev–Trinajstić information content (AvgIpc) is 2.43. The summed E-state index contributed by atoms with van der Waals surface area (Å²) >= 11 is 0. The minimum Gasteiger partial charge on any atom is -0.340 e. The minimum atomic E-state index is 0.00921. The number of anilines is 1. The number of rotatable bonds is 4. The van der Waals surface area contributed by atoms with Crippen LogP contribution in [0.2, 0.25) is 0 Å². The van der Waals surface area contributed by atoms with E-state index in [1.54, 1.807) is 18.0 Å². The third-order valence-electron chi connectivity index (χ3n) is 3.29. The Kier molecular flexibility index (Phi) is 4.16. The summed E-state index contributed by atoms with van der Waals surface area (Å²) in [6.07, 6.45) is 1.18. The Hall–Kier alpha value is -1.88. The molecule has 2 rings (SSSR count). The number of hydrogen-bond donors (Lipinski definition) is 2. The molecule has 1 aromatic rings. The summed E-state index contributed by atoms with van der Waals surface area (Å²) in [5, 5.41) is 5.83. The molecule has 0 atom stereocenters. The molecule has 0 saturated carbocycles. The molecular weight excluding hydrogens is 242 g/mol. The van der Waals surface area contributed by atoms with Crippen LogP contribution < -0.4 is 10.6 Å². The van der Waals surface area contributed by atoms with Gasteiger partial charge < -0.3 is 15.5 Å². The number of carbonyl (C=O) groups excluding carboxylic acids is 2. The maximum atomic E-state index is 12.2. The van der Waals surface area contributed by atoms with Crippen LogP contribution in [0.1, 0.15) is 22.3 Å². The van der Waals surface area contributed by atoms with Crippen LogP contribution in [0.4, 0.5) is 5.69 Å². The van der Waals surface area contributed by atoms with Gasteiger partial charge in [-0.3, -0.25) is 9.59 Å². The number of likely N-dealkylation sites (N-methyl/N-ethyl adjacent to an activating group) is 2. The summed E-state index contributed by atoms with van der Waals surface area (Å²) in [5.74, 6) is 0.0488. The summed E-state index contributed by atoms with van der Waals surface area (Å²) in [7, 11) is 3.65. The standard InChI is InChI=1S/C14H19N3O2/c1-15-7-8-17(2)14(19)11-3-5-12-10(9-11)4-6-13(18)16-12/h3,5,9,15H,4,6-8H2,1-2H3,(H,16,18). The van der Waals surface area contributed by atoms with Crippen LogP contribution in [0.15, 0.2) is 18.2 Å². The van der Waals surface area contributed by atoms with E-state index in [9.17, 15) is 9.59 Å². The highest BCUT2D eigenvalue weighted by Crippen LogP contribution is 2.23. The predicted octanol–water partition coefficient (Wildman–Crippen LogP) is 0.863. The Bertz CT molecular complexity index is 499. The zero-order valence-electron chi connectivity index (χ0n) is 11.3. The maximum absolute atomic E-state index is 12.2. The number of carbonyl (C=O) groups is 2. The van der Waals surface area contributed by atoms with E-state index >= 15 is 0 Å². The van der Waals surface area contributed by atoms with Crippen molar-refractivity contribution in [2.75, 3.05) is 32.5 Å². The lowest BCUT2D eigenvalue weighted by Crippen LogP contribution is -2.33. The van der Waals surface area contributed by atoms with Crippen LogP contribution in [0.5, 0.6) is 0 Å². The number of amides is 2. The largest absolute Gasteiger partial charge is 0.340 e. The third kappa shape index (κ3) is 3.12. The third-order valence-corrected chi connectivity index (χ3v) is 3.29. The fourth-order valence-electron chi connectivity index (χ4n) is 2.12. The highest BCUT2D eigenvalue weighted by Gasteiger charge is 2.18. The van der Waals surface area contributed by atoms with Crippen LogP contribution in [0, 0.1) is 0 Å². The lowest BCUT2D eigenvalue weighted by atomic mass is 10.00. The molecule has 2 N–H and O–H groups in total. The molecule has 5 heteroatoms. The van der Waals surface area contributed by atoms with E-state index in [0.29, 0.717) is 24.9 Å². The van der Waals surface area contributed by atoms with Gasteiger partial charge in [0, 0.05) is 37.8 Å². The highest BCUT2D eigenvalue weighted by molar-refractivity contribution is 5.97. The molecule has 1 aliphatic rings. The van der Waals surface area contributed by atoms with Gasteiger partial charge in [-0.15, -0.1) is 0 Å². The van der Waals surface area contributed by atoms with E-state index in [1.807, 2.05) is 19.2 Å². The van der Waals surface area contributed by atoms with E-state index < -0.39 is 0 Å². The summed E-state index contributed by atoms with van der Waals surface area (Å²) in [6.45, 7) is 1.44. The molecule has 102 valence electrons. The predicted molar refractivity (Wildman–Crippen MR) is 74.3 cm³/mol. The summed E-state index contributed by atoms with van der Waals surface area (Å²) in [4.78, 5) is 25.2. The first-order chi connectivity index (χ1) is 9.11. The summed E-state index contributed by atoms with van der Waals surface area (Å²) in [6, 6.07) is 5.46. The first-order valence-corrected chi connectivity index (χ1v) is 6.44. The van der Waals surface area contributed by atoms with Gasteiger partial charge in [0.05, 0.1) is 0 Å². The molecule has 5 nitrogen and oxygen atoms in total. The van der Waals surface area contributed by atoms with E-state index in [0.717, 1.165) is 17.8 Å².